The molecule has 1 aliphatic heterocycles. The van der Waals surface area contributed by atoms with Crippen molar-refractivity contribution >= 4 is 16.1 Å². The monoisotopic (exact) mass is 544 g/mol. The lowest BCUT2D eigenvalue weighted by Crippen LogP contribution is -2.51. The standard InChI is InChI=1S/C29H40N2O6S/c1-21(2)18-31(38(34,35)20-23-11-7-4-8-12-23)19-27(32)26(15-22-9-5-3-6-10-22)30-29(33)37-25-16-24-13-14-36-28(24)17-25/h3-12,21,24-28,32H,13-20H2,1-2H3,(H,30,33)/t24?,25?,26-,27+,28+/m0/s1. The molecule has 4 rings (SSSR count). The van der Waals surface area contributed by atoms with Crippen LogP contribution in [0.5, 0.6) is 0 Å². The molecule has 38 heavy (non-hydrogen) atoms. The first-order valence-corrected chi connectivity index (χ1v) is 15.1. The highest BCUT2D eigenvalue weighted by molar-refractivity contribution is 7.88. The van der Waals surface area contributed by atoms with E-state index in [1.807, 2.05) is 62.4 Å². The molecule has 2 aromatic rings. The number of carbonyl (C=O) groups excluding carboxylic acids is 1. The maximum absolute atomic E-state index is 13.4. The van der Waals surface area contributed by atoms with Crippen LogP contribution in [0.2, 0.25) is 0 Å². The number of alkyl carbamates (subject to hydrolysis) is 1. The second kappa shape index (κ2) is 13.1. The second-order valence-corrected chi connectivity index (χ2v) is 12.9. The molecule has 8 nitrogen and oxygen atoms in total. The van der Waals surface area contributed by atoms with Crippen molar-refractivity contribution in [3.8, 4) is 0 Å². The Morgan fingerprint density at radius 2 is 1.71 bits per heavy atom. The van der Waals surface area contributed by atoms with E-state index in [0.29, 0.717) is 24.3 Å². The number of sulfonamides is 1. The van der Waals surface area contributed by atoms with Crippen molar-refractivity contribution in [1.29, 1.82) is 0 Å². The maximum Gasteiger partial charge on any atom is 0.407 e. The molecule has 0 spiro atoms. The van der Waals surface area contributed by atoms with Gasteiger partial charge in [0, 0.05) is 26.1 Å². The van der Waals surface area contributed by atoms with Gasteiger partial charge in [-0.1, -0.05) is 74.5 Å². The number of rotatable bonds is 12. The molecule has 2 aromatic carbocycles. The number of aliphatic hydroxyl groups is 1. The number of amides is 1. The SMILES string of the molecule is CC(C)CN(C[C@@H](O)[C@H](Cc1ccccc1)NC(=O)OC1CC2CCO[C@@H]2C1)S(=O)(=O)Cc1ccccc1. The summed E-state index contributed by atoms with van der Waals surface area (Å²) >= 11 is 0. The van der Waals surface area contributed by atoms with E-state index in [1.54, 1.807) is 12.1 Å². The average Bonchev–Trinajstić information content (AvgIpc) is 3.46. The smallest absolute Gasteiger partial charge is 0.407 e. The van der Waals surface area contributed by atoms with E-state index in [2.05, 4.69) is 5.32 Å². The van der Waals surface area contributed by atoms with Crippen LogP contribution >= 0.6 is 0 Å². The third kappa shape index (κ3) is 8.02. The minimum Gasteiger partial charge on any atom is -0.446 e. The molecule has 1 heterocycles. The molecule has 1 aliphatic carbocycles. The number of benzene rings is 2. The minimum atomic E-state index is -3.71. The van der Waals surface area contributed by atoms with E-state index in [1.165, 1.54) is 4.31 Å². The van der Waals surface area contributed by atoms with E-state index >= 15 is 0 Å². The van der Waals surface area contributed by atoms with Gasteiger partial charge in [0.05, 0.1) is 24.0 Å². The summed E-state index contributed by atoms with van der Waals surface area (Å²) in [4.78, 5) is 12.9. The number of nitrogens with one attached hydrogen (secondary N) is 1. The van der Waals surface area contributed by atoms with Crippen LogP contribution in [-0.4, -0.2) is 68.0 Å². The predicted octanol–water partition coefficient (Wildman–Crippen LogP) is 3.74. The van der Waals surface area contributed by atoms with E-state index in [-0.39, 0.29) is 37.0 Å². The van der Waals surface area contributed by atoms with E-state index in [4.69, 9.17) is 9.47 Å². The Balaban J connectivity index is 1.45. The van der Waals surface area contributed by atoms with Crippen molar-refractivity contribution in [1.82, 2.24) is 9.62 Å². The van der Waals surface area contributed by atoms with Crippen molar-refractivity contribution < 1.29 is 27.8 Å². The third-order valence-corrected chi connectivity index (χ3v) is 9.07. The molecule has 2 unspecified atom stereocenters. The quantitative estimate of drug-likeness (QED) is 0.422. The molecule has 2 N–H and O–H groups in total. The molecule has 1 saturated carbocycles. The number of hydrogen-bond donors (Lipinski definition) is 2. The first-order valence-electron chi connectivity index (χ1n) is 13.5. The molecule has 9 heteroatoms. The highest BCUT2D eigenvalue weighted by atomic mass is 32.2. The van der Waals surface area contributed by atoms with Gasteiger partial charge in [0.25, 0.3) is 0 Å². The van der Waals surface area contributed by atoms with Crippen molar-refractivity contribution in [2.24, 2.45) is 11.8 Å². The lowest BCUT2D eigenvalue weighted by molar-refractivity contribution is 0.0554. The number of nitrogens with zero attached hydrogens (tertiary/aromatic N) is 1. The average molecular weight is 545 g/mol. The fourth-order valence-electron chi connectivity index (χ4n) is 5.42. The van der Waals surface area contributed by atoms with Crippen molar-refractivity contribution in [3.63, 3.8) is 0 Å². The van der Waals surface area contributed by atoms with Crippen LogP contribution in [0.15, 0.2) is 60.7 Å². The van der Waals surface area contributed by atoms with Gasteiger partial charge in [-0.05, 0) is 42.2 Å². The summed E-state index contributed by atoms with van der Waals surface area (Å²) in [5.74, 6) is 0.332. The van der Waals surface area contributed by atoms with Gasteiger partial charge in [-0.2, -0.15) is 4.31 Å². The van der Waals surface area contributed by atoms with Crippen LogP contribution in [0.25, 0.3) is 0 Å². The van der Waals surface area contributed by atoms with Crippen LogP contribution in [0, 0.1) is 11.8 Å². The first-order chi connectivity index (χ1) is 18.2. The number of aliphatic hydroxyl groups excluding tert-OH is 1. The zero-order valence-corrected chi connectivity index (χ0v) is 23.1. The van der Waals surface area contributed by atoms with Gasteiger partial charge in [-0.15, -0.1) is 0 Å². The summed E-state index contributed by atoms with van der Waals surface area (Å²) in [6, 6.07) is 17.8. The normalized spacial score (nSPS) is 22.8. The van der Waals surface area contributed by atoms with E-state index < -0.39 is 28.3 Å². The molecular weight excluding hydrogens is 504 g/mol. The van der Waals surface area contributed by atoms with Crippen LogP contribution in [0.4, 0.5) is 4.79 Å². The van der Waals surface area contributed by atoms with Gasteiger partial charge in [-0.3, -0.25) is 0 Å². The van der Waals surface area contributed by atoms with Crippen molar-refractivity contribution in [2.75, 3.05) is 19.7 Å². The van der Waals surface area contributed by atoms with Gasteiger partial charge in [0.2, 0.25) is 10.0 Å². The highest BCUT2D eigenvalue weighted by Crippen LogP contribution is 2.37. The summed E-state index contributed by atoms with van der Waals surface area (Å²) < 4.78 is 39.6. The molecule has 5 atom stereocenters. The Hall–Kier alpha value is -2.46. The zero-order chi connectivity index (χ0) is 27.1. The lowest BCUT2D eigenvalue weighted by Gasteiger charge is -2.31. The molecule has 1 amide bonds. The Bertz CT molecular complexity index is 1120. The van der Waals surface area contributed by atoms with Crippen molar-refractivity contribution in [2.45, 2.75) is 69.6 Å². The lowest BCUT2D eigenvalue weighted by atomic mass is 10.0. The Labute approximate surface area is 226 Å². The largest absolute Gasteiger partial charge is 0.446 e. The number of ether oxygens (including phenoxy) is 2. The number of carbonyl (C=O) groups is 1. The Morgan fingerprint density at radius 3 is 2.34 bits per heavy atom. The van der Waals surface area contributed by atoms with Gasteiger partial charge in [0.1, 0.15) is 6.10 Å². The van der Waals surface area contributed by atoms with Gasteiger partial charge in [0.15, 0.2) is 0 Å². The van der Waals surface area contributed by atoms with Crippen LogP contribution < -0.4 is 5.32 Å². The topological polar surface area (TPSA) is 105 Å². The van der Waals surface area contributed by atoms with Gasteiger partial charge in [-0.25, -0.2) is 13.2 Å². The zero-order valence-electron chi connectivity index (χ0n) is 22.2. The summed E-state index contributed by atoms with van der Waals surface area (Å²) in [7, 11) is -3.71. The van der Waals surface area contributed by atoms with Crippen LogP contribution in [-0.2, 0) is 31.7 Å². The molecule has 0 bridgehead atoms. The van der Waals surface area contributed by atoms with Crippen molar-refractivity contribution in [3.05, 3.63) is 71.8 Å². The highest BCUT2D eigenvalue weighted by Gasteiger charge is 2.40. The molecule has 2 aliphatic rings. The molecule has 1 saturated heterocycles. The van der Waals surface area contributed by atoms with Crippen LogP contribution in [0.3, 0.4) is 0 Å². The summed E-state index contributed by atoms with van der Waals surface area (Å²) in [6.45, 7) is 4.77. The number of hydrogen-bond acceptors (Lipinski definition) is 6. The Kier molecular flexibility index (Phi) is 9.81. The molecular formula is C29H40N2O6S. The fraction of sp³-hybridized carbons (Fsp3) is 0.552. The molecule has 0 aromatic heterocycles. The summed E-state index contributed by atoms with van der Waals surface area (Å²) in [5.41, 5.74) is 1.60. The van der Waals surface area contributed by atoms with Gasteiger partial charge < -0.3 is 19.9 Å². The molecule has 2 fully saturated rings. The predicted molar refractivity (Wildman–Crippen MR) is 146 cm³/mol. The van der Waals surface area contributed by atoms with E-state index in [0.717, 1.165) is 25.0 Å². The third-order valence-electron chi connectivity index (χ3n) is 7.29. The summed E-state index contributed by atoms with van der Waals surface area (Å²) in [6.07, 6.45) is 0.986. The maximum atomic E-state index is 13.4. The summed E-state index contributed by atoms with van der Waals surface area (Å²) in [5, 5.41) is 14.2. The van der Waals surface area contributed by atoms with Gasteiger partial charge >= 0.3 is 6.09 Å². The second-order valence-electron chi connectivity index (χ2n) is 10.9. The molecule has 0 radical (unpaired) electrons. The Morgan fingerprint density at radius 1 is 1.05 bits per heavy atom. The first kappa shape index (κ1) is 28.5. The van der Waals surface area contributed by atoms with Crippen LogP contribution in [0.1, 0.15) is 44.2 Å². The number of fused-ring (bicyclic) bond motifs is 1. The fourth-order valence-corrected chi connectivity index (χ4v) is 7.12. The minimum absolute atomic E-state index is 0.0577. The molecule has 208 valence electrons. The van der Waals surface area contributed by atoms with E-state index in [9.17, 15) is 18.3 Å².